The molecule has 7 nitrogen and oxygen atoms in total. The predicted octanol–water partition coefficient (Wildman–Crippen LogP) is 3.48. The molecule has 0 unspecified atom stereocenters. The Morgan fingerprint density at radius 3 is 2.28 bits per heavy atom. The molecule has 0 radical (unpaired) electrons. The minimum atomic E-state index is -0.734. The van der Waals surface area contributed by atoms with Crippen LogP contribution in [0.5, 0.6) is 17.2 Å². The van der Waals surface area contributed by atoms with E-state index in [0.717, 1.165) is 6.07 Å². The fraction of sp³-hybridized carbons (Fsp3) is 0. The van der Waals surface area contributed by atoms with E-state index >= 15 is 0 Å². The molecule has 4 N–H and O–H groups in total. The van der Waals surface area contributed by atoms with E-state index in [4.69, 9.17) is 11.6 Å². The van der Waals surface area contributed by atoms with Crippen LogP contribution in [0, 0.1) is 0 Å². The Hall–Kier alpha value is -3.84. The fourth-order valence-electron chi connectivity index (χ4n) is 3.22. The molecule has 1 amide bonds. The third kappa shape index (κ3) is 2.97. The summed E-state index contributed by atoms with van der Waals surface area (Å²) in [5.41, 5.74) is -0.726. The summed E-state index contributed by atoms with van der Waals surface area (Å²) in [5, 5.41) is 32.9. The number of hydrogen-bond acceptors (Lipinski definition) is 6. The molecule has 0 fully saturated rings. The van der Waals surface area contributed by atoms with Crippen molar-refractivity contribution in [3.05, 3.63) is 81.4 Å². The molecule has 0 aromatic heterocycles. The van der Waals surface area contributed by atoms with Crippen LogP contribution in [-0.2, 0) is 0 Å². The number of benzene rings is 3. The quantitative estimate of drug-likeness (QED) is 0.376. The Morgan fingerprint density at radius 2 is 1.52 bits per heavy atom. The Morgan fingerprint density at radius 1 is 0.793 bits per heavy atom. The van der Waals surface area contributed by atoms with E-state index in [9.17, 15) is 29.7 Å². The molecule has 3 aromatic carbocycles. The number of carbonyl (C=O) groups excluding carboxylic acids is 3. The van der Waals surface area contributed by atoms with Gasteiger partial charge in [0.1, 0.15) is 17.2 Å². The second kappa shape index (κ2) is 6.65. The molecule has 1 aliphatic carbocycles. The van der Waals surface area contributed by atoms with Crippen molar-refractivity contribution in [2.24, 2.45) is 0 Å². The highest BCUT2D eigenvalue weighted by molar-refractivity contribution is 6.31. The number of nitrogens with one attached hydrogen (secondary N) is 1. The maximum Gasteiger partial charge on any atom is 0.255 e. The molecule has 1 aliphatic rings. The number of phenolic OH excluding ortho intramolecular Hbond substituents is 3. The topological polar surface area (TPSA) is 124 Å². The standard InChI is InChI=1S/C21H12ClNO6/c22-10-4-5-14(24)13(8-10)23-21(29)9-6-12-18(16(26)7-9)20(28)17-11(19(12)27)2-1-3-15(17)25/h1-8,24-26H,(H,23,29). The first kappa shape index (κ1) is 18.5. The summed E-state index contributed by atoms with van der Waals surface area (Å²) in [4.78, 5) is 38.1. The second-order valence-corrected chi connectivity index (χ2v) is 6.83. The van der Waals surface area contributed by atoms with E-state index in [1.165, 1.54) is 42.5 Å². The van der Waals surface area contributed by atoms with Gasteiger partial charge >= 0.3 is 0 Å². The highest BCUT2D eigenvalue weighted by Crippen LogP contribution is 2.37. The van der Waals surface area contributed by atoms with E-state index in [2.05, 4.69) is 5.32 Å². The number of fused-ring (bicyclic) bond motifs is 2. The van der Waals surface area contributed by atoms with Crippen LogP contribution in [0.25, 0.3) is 0 Å². The molecule has 3 aromatic rings. The van der Waals surface area contributed by atoms with Gasteiger partial charge < -0.3 is 20.6 Å². The van der Waals surface area contributed by atoms with Gasteiger partial charge in [0.15, 0.2) is 5.78 Å². The number of halogens is 1. The average molecular weight is 410 g/mol. The van der Waals surface area contributed by atoms with Crippen LogP contribution in [0.4, 0.5) is 5.69 Å². The van der Waals surface area contributed by atoms with Gasteiger partial charge in [-0.05, 0) is 36.4 Å². The minimum Gasteiger partial charge on any atom is -0.507 e. The lowest BCUT2D eigenvalue weighted by molar-refractivity contribution is 0.0972. The number of ketones is 2. The van der Waals surface area contributed by atoms with Crippen molar-refractivity contribution in [3.8, 4) is 17.2 Å². The number of carbonyl (C=O) groups is 3. The van der Waals surface area contributed by atoms with Gasteiger partial charge in [-0.15, -0.1) is 0 Å². The van der Waals surface area contributed by atoms with Gasteiger partial charge in [-0.2, -0.15) is 0 Å². The van der Waals surface area contributed by atoms with Crippen LogP contribution in [0.1, 0.15) is 42.2 Å². The van der Waals surface area contributed by atoms with Gasteiger partial charge in [-0.3, -0.25) is 14.4 Å². The molecular formula is C21H12ClNO6. The van der Waals surface area contributed by atoms with Crippen LogP contribution in [-0.4, -0.2) is 32.8 Å². The Labute approximate surface area is 168 Å². The van der Waals surface area contributed by atoms with Crippen molar-refractivity contribution in [1.29, 1.82) is 0 Å². The molecule has 0 saturated carbocycles. The fourth-order valence-corrected chi connectivity index (χ4v) is 3.39. The van der Waals surface area contributed by atoms with E-state index in [-0.39, 0.29) is 50.0 Å². The van der Waals surface area contributed by atoms with Crippen LogP contribution in [0.15, 0.2) is 48.5 Å². The van der Waals surface area contributed by atoms with Crippen molar-refractivity contribution >= 4 is 34.8 Å². The summed E-state index contributed by atoms with van der Waals surface area (Å²) in [5.74, 6) is -3.23. The second-order valence-electron chi connectivity index (χ2n) is 6.39. The predicted molar refractivity (Wildman–Crippen MR) is 104 cm³/mol. The first-order valence-electron chi connectivity index (χ1n) is 8.36. The van der Waals surface area contributed by atoms with E-state index in [1.807, 2.05) is 0 Å². The van der Waals surface area contributed by atoms with Crippen LogP contribution in [0.2, 0.25) is 5.02 Å². The Balaban J connectivity index is 1.78. The normalized spacial score (nSPS) is 12.3. The maximum absolute atomic E-state index is 12.8. The van der Waals surface area contributed by atoms with Gasteiger partial charge in [0.05, 0.1) is 16.8 Å². The summed E-state index contributed by atoms with van der Waals surface area (Å²) >= 11 is 5.86. The Bertz CT molecular complexity index is 1230. The number of amides is 1. The molecule has 29 heavy (non-hydrogen) atoms. The van der Waals surface area contributed by atoms with E-state index < -0.39 is 23.2 Å². The molecular weight excluding hydrogens is 398 g/mol. The lowest BCUT2D eigenvalue weighted by Gasteiger charge is -2.20. The van der Waals surface area contributed by atoms with Crippen LogP contribution >= 0.6 is 11.6 Å². The zero-order chi connectivity index (χ0) is 20.9. The van der Waals surface area contributed by atoms with Gasteiger partial charge in [0.25, 0.3) is 5.91 Å². The van der Waals surface area contributed by atoms with Crippen molar-refractivity contribution < 1.29 is 29.7 Å². The van der Waals surface area contributed by atoms with E-state index in [0.29, 0.717) is 0 Å². The molecule has 0 saturated heterocycles. The van der Waals surface area contributed by atoms with Gasteiger partial charge in [-0.25, -0.2) is 0 Å². The molecule has 8 heteroatoms. The molecule has 4 rings (SSSR count). The molecule has 144 valence electrons. The number of hydrogen-bond donors (Lipinski definition) is 4. The lowest BCUT2D eigenvalue weighted by atomic mass is 9.82. The van der Waals surface area contributed by atoms with Gasteiger partial charge in [0.2, 0.25) is 5.78 Å². The third-order valence-corrected chi connectivity index (χ3v) is 4.81. The highest BCUT2D eigenvalue weighted by atomic mass is 35.5. The minimum absolute atomic E-state index is 0.0213. The average Bonchev–Trinajstić information content (AvgIpc) is 2.68. The molecule has 0 spiro atoms. The maximum atomic E-state index is 12.8. The number of anilines is 1. The highest BCUT2D eigenvalue weighted by Gasteiger charge is 2.35. The molecule has 0 bridgehead atoms. The summed E-state index contributed by atoms with van der Waals surface area (Å²) in [6.07, 6.45) is 0. The summed E-state index contributed by atoms with van der Waals surface area (Å²) in [6.45, 7) is 0. The first-order chi connectivity index (χ1) is 13.8. The largest absolute Gasteiger partial charge is 0.507 e. The molecule has 0 atom stereocenters. The van der Waals surface area contributed by atoms with Crippen molar-refractivity contribution in [3.63, 3.8) is 0 Å². The molecule has 0 aliphatic heterocycles. The monoisotopic (exact) mass is 409 g/mol. The third-order valence-electron chi connectivity index (χ3n) is 4.57. The van der Waals surface area contributed by atoms with Crippen molar-refractivity contribution in [1.82, 2.24) is 0 Å². The first-order valence-corrected chi connectivity index (χ1v) is 8.74. The van der Waals surface area contributed by atoms with Crippen molar-refractivity contribution in [2.75, 3.05) is 5.32 Å². The summed E-state index contributed by atoms with van der Waals surface area (Å²) in [6, 6.07) is 10.4. The number of aromatic hydroxyl groups is 3. The summed E-state index contributed by atoms with van der Waals surface area (Å²) in [7, 11) is 0. The van der Waals surface area contributed by atoms with Gasteiger partial charge in [-0.1, -0.05) is 23.7 Å². The smallest absolute Gasteiger partial charge is 0.255 e. The number of rotatable bonds is 2. The number of phenols is 3. The van der Waals surface area contributed by atoms with Crippen molar-refractivity contribution in [2.45, 2.75) is 0 Å². The zero-order valence-corrected chi connectivity index (χ0v) is 15.3. The van der Waals surface area contributed by atoms with Gasteiger partial charge in [0, 0.05) is 21.7 Å². The van der Waals surface area contributed by atoms with Crippen LogP contribution < -0.4 is 5.32 Å². The lowest BCUT2D eigenvalue weighted by Crippen LogP contribution is -2.22. The SMILES string of the molecule is O=C(Nc1cc(Cl)ccc1O)c1cc(O)c2c(c1)C(=O)c1cccc(O)c1C2=O. The summed E-state index contributed by atoms with van der Waals surface area (Å²) < 4.78 is 0. The Kier molecular flexibility index (Phi) is 4.24. The van der Waals surface area contributed by atoms with Crippen LogP contribution in [0.3, 0.4) is 0 Å². The molecule has 0 heterocycles. The zero-order valence-electron chi connectivity index (χ0n) is 14.6. The van der Waals surface area contributed by atoms with E-state index in [1.54, 1.807) is 0 Å².